The molecule has 1 amide bonds. The second-order valence-electron chi connectivity index (χ2n) is 6.21. The number of hydrogen-bond acceptors (Lipinski definition) is 4. The molecule has 1 aliphatic rings. The Labute approximate surface area is 171 Å². The first kappa shape index (κ1) is 18.3. The van der Waals surface area contributed by atoms with Crippen molar-refractivity contribution in [3.63, 3.8) is 0 Å². The van der Waals surface area contributed by atoms with Crippen molar-refractivity contribution in [3.8, 4) is 5.69 Å². The zero-order valence-electron chi connectivity index (χ0n) is 14.2. The molecule has 0 atom stereocenters. The van der Waals surface area contributed by atoms with Gasteiger partial charge in [0.05, 0.1) is 27.2 Å². The van der Waals surface area contributed by atoms with Gasteiger partial charge in [-0.2, -0.15) is 0 Å². The van der Waals surface area contributed by atoms with Crippen LogP contribution >= 0.6 is 35.0 Å². The molecule has 4 rings (SSSR count). The number of amides is 1. The zero-order chi connectivity index (χ0) is 18.8. The average molecular weight is 419 g/mol. The van der Waals surface area contributed by atoms with Gasteiger partial charge in [0.15, 0.2) is 0 Å². The fourth-order valence-electron chi connectivity index (χ4n) is 2.65. The van der Waals surface area contributed by atoms with Crippen molar-refractivity contribution in [2.24, 2.45) is 0 Å². The summed E-state index contributed by atoms with van der Waals surface area (Å²) in [4.78, 5) is 16.9. The molecule has 0 spiro atoms. The van der Waals surface area contributed by atoms with Crippen LogP contribution in [-0.4, -0.2) is 26.4 Å². The fourth-order valence-corrected chi connectivity index (χ4v) is 3.78. The molecule has 138 valence electrons. The molecule has 0 aliphatic heterocycles. The molecule has 1 heterocycles. The minimum atomic E-state index is -0.209. The number of para-hydroxylation sites is 2. The largest absolute Gasteiger partial charge is 0.323 e. The van der Waals surface area contributed by atoms with Crippen molar-refractivity contribution in [3.05, 3.63) is 64.4 Å². The first-order chi connectivity index (χ1) is 13.1. The van der Waals surface area contributed by atoms with Gasteiger partial charge >= 0.3 is 0 Å². The second kappa shape index (κ2) is 7.92. The second-order valence-corrected chi connectivity index (χ2v) is 7.96. The topological polar surface area (TPSA) is 59.8 Å². The Kier molecular flexibility index (Phi) is 5.38. The summed E-state index contributed by atoms with van der Waals surface area (Å²) in [6.07, 6.45) is 2.25. The van der Waals surface area contributed by atoms with Crippen LogP contribution in [0.1, 0.15) is 24.6 Å². The predicted octanol–water partition coefficient (Wildman–Crippen LogP) is 5.18. The lowest BCUT2D eigenvalue weighted by Crippen LogP contribution is -2.14. The summed E-state index contributed by atoms with van der Waals surface area (Å²) in [5.41, 5.74) is 1.40. The first-order valence-electron chi connectivity index (χ1n) is 8.51. The van der Waals surface area contributed by atoms with Crippen molar-refractivity contribution in [1.82, 2.24) is 14.8 Å². The quantitative estimate of drug-likeness (QED) is 0.560. The van der Waals surface area contributed by atoms with Crippen molar-refractivity contribution in [1.29, 1.82) is 0 Å². The monoisotopic (exact) mass is 418 g/mol. The maximum absolute atomic E-state index is 12.3. The first-order valence-corrected chi connectivity index (χ1v) is 10.2. The molecule has 1 aliphatic carbocycles. The van der Waals surface area contributed by atoms with Crippen LogP contribution in [0.15, 0.2) is 53.7 Å². The minimum absolute atomic E-state index is 0.171. The van der Waals surface area contributed by atoms with Crippen molar-refractivity contribution < 1.29 is 4.79 Å². The smallest absolute Gasteiger partial charge is 0.234 e. The van der Waals surface area contributed by atoms with E-state index in [1.54, 1.807) is 18.2 Å². The Hall–Kier alpha value is -2.02. The number of carbonyl (C=O) groups excluding carboxylic acids is 1. The number of thioether (sulfide) groups is 1. The molecule has 2 aromatic carbocycles. The van der Waals surface area contributed by atoms with Crippen LogP contribution in [0.25, 0.3) is 5.69 Å². The number of hydrogen-bond donors (Lipinski definition) is 1. The summed E-state index contributed by atoms with van der Waals surface area (Å²) in [6, 6.07) is 15.0. The van der Waals surface area contributed by atoms with Gasteiger partial charge in [-0.25, -0.2) is 9.67 Å². The van der Waals surface area contributed by atoms with Crippen LogP contribution in [0.5, 0.6) is 0 Å². The molecule has 5 nitrogen and oxygen atoms in total. The van der Waals surface area contributed by atoms with E-state index in [4.69, 9.17) is 23.2 Å². The van der Waals surface area contributed by atoms with E-state index < -0.39 is 0 Å². The molecule has 0 radical (unpaired) electrons. The number of rotatable bonds is 6. The molecule has 8 heteroatoms. The highest BCUT2D eigenvalue weighted by Gasteiger charge is 2.30. The average Bonchev–Trinajstić information content (AvgIpc) is 3.43. The van der Waals surface area contributed by atoms with Crippen LogP contribution in [0, 0.1) is 0 Å². The molecule has 1 N–H and O–H groups in total. The lowest BCUT2D eigenvalue weighted by Gasteiger charge is -2.08. The van der Waals surface area contributed by atoms with Gasteiger partial charge in [-0.05, 0) is 37.1 Å². The van der Waals surface area contributed by atoms with Crippen LogP contribution in [0.2, 0.25) is 10.0 Å². The summed E-state index contributed by atoms with van der Waals surface area (Å²) in [5.74, 6) is 1.37. The van der Waals surface area contributed by atoms with E-state index in [2.05, 4.69) is 15.4 Å². The molecule has 0 saturated heterocycles. The number of aromatic nitrogens is 3. The molecule has 0 bridgehead atoms. The Morgan fingerprint density at radius 1 is 1.11 bits per heavy atom. The lowest BCUT2D eigenvalue weighted by atomic mass is 10.3. The van der Waals surface area contributed by atoms with E-state index in [0.717, 1.165) is 24.4 Å². The van der Waals surface area contributed by atoms with Crippen LogP contribution < -0.4 is 5.32 Å². The highest BCUT2D eigenvalue weighted by Crippen LogP contribution is 2.40. The highest BCUT2D eigenvalue weighted by atomic mass is 35.5. The molecule has 0 unspecified atom stereocenters. The Balaban J connectivity index is 1.46. The van der Waals surface area contributed by atoms with Gasteiger partial charge in [-0.1, -0.05) is 59.2 Å². The Morgan fingerprint density at radius 2 is 1.81 bits per heavy atom. The van der Waals surface area contributed by atoms with Crippen molar-refractivity contribution >= 4 is 46.6 Å². The number of nitrogens with one attached hydrogen (secondary N) is 1. The maximum atomic E-state index is 12.3. The number of anilines is 1. The summed E-state index contributed by atoms with van der Waals surface area (Å²) >= 11 is 13.5. The molecule has 1 fully saturated rings. The number of nitrogens with zero attached hydrogens (tertiary/aromatic N) is 3. The number of benzene rings is 2. The van der Waals surface area contributed by atoms with E-state index in [-0.39, 0.29) is 11.7 Å². The van der Waals surface area contributed by atoms with E-state index >= 15 is 0 Å². The normalized spacial score (nSPS) is 13.6. The molecule has 27 heavy (non-hydrogen) atoms. The zero-order valence-corrected chi connectivity index (χ0v) is 16.6. The van der Waals surface area contributed by atoms with E-state index in [0.29, 0.717) is 26.8 Å². The van der Waals surface area contributed by atoms with Gasteiger partial charge in [-0.3, -0.25) is 4.79 Å². The van der Waals surface area contributed by atoms with Gasteiger partial charge in [0.1, 0.15) is 5.82 Å². The highest BCUT2D eigenvalue weighted by molar-refractivity contribution is 7.99. The van der Waals surface area contributed by atoms with E-state index in [1.807, 2.05) is 35.0 Å². The fraction of sp³-hybridized carbons (Fsp3) is 0.211. The maximum Gasteiger partial charge on any atom is 0.234 e. The molecule has 3 aromatic rings. The standard InChI is InChI=1S/C19H16Cl2N4OS/c20-14-7-4-8-15(21)17(14)22-16(26)11-27-19-23-18(12-9-10-12)25(24-19)13-5-2-1-3-6-13/h1-8,12H,9-11H2,(H,22,26). The van der Waals surface area contributed by atoms with Crippen molar-refractivity contribution in [2.45, 2.75) is 23.9 Å². The molecular formula is C19H16Cl2N4OS. The third kappa shape index (κ3) is 4.29. The third-order valence-electron chi connectivity index (χ3n) is 4.12. The number of carbonyl (C=O) groups is 1. The molecular weight excluding hydrogens is 403 g/mol. The Bertz CT molecular complexity index is 953. The van der Waals surface area contributed by atoms with Gasteiger partial charge in [0, 0.05) is 5.92 Å². The van der Waals surface area contributed by atoms with E-state index in [9.17, 15) is 4.79 Å². The predicted molar refractivity (Wildman–Crippen MR) is 109 cm³/mol. The van der Waals surface area contributed by atoms with Crippen LogP contribution in [0.3, 0.4) is 0 Å². The van der Waals surface area contributed by atoms with Crippen LogP contribution in [-0.2, 0) is 4.79 Å². The third-order valence-corrected chi connectivity index (χ3v) is 5.58. The summed E-state index contributed by atoms with van der Waals surface area (Å²) in [5, 5.41) is 8.74. The Morgan fingerprint density at radius 3 is 2.48 bits per heavy atom. The minimum Gasteiger partial charge on any atom is -0.323 e. The van der Waals surface area contributed by atoms with Crippen LogP contribution in [0.4, 0.5) is 5.69 Å². The van der Waals surface area contributed by atoms with Gasteiger partial charge < -0.3 is 5.32 Å². The number of halogens is 2. The van der Waals surface area contributed by atoms with Gasteiger partial charge in [0.2, 0.25) is 11.1 Å². The van der Waals surface area contributed by atoms with Gasteiger partial charge in [-0.15, -0.1) is 5.10 Å². The summed E-state index contributed by atoms with van der Waals surface area (Å²) < 4.78 is 1.88. The lowest BCUT2D eigenvalue weighted by molar-refractivity contribution is -0.113. The molecule has 1 saturated carbocycles. The van der Waals surface area contributed by atoms with E-state index in [1.165, 1.54) is 11.8 Å². The summed E-state index contributed by atoms with van der Waals surface area (Å²) in [7, 11) is 0. The van der Waals surface area contributed by atoms with Crippen molar-refractivity contribution in [2.75, 3.05) is 11.1 Å². The summed E-state index contributed by atoms with van der Waals surface area (Å²) in [6.45, 7) is 0. The van der Waals surface area contributed by atoms with Gasteiger partial charge in [0.25, 0.3) is 0 Å². The SMILES string of the molecule is O=C(CSc1nc(C2CC2)n(-c2ccccc2)n1)Nc1c(Cl)cccc1Cl. The molecule has 1 aromatic heterocycles.